The molecule has 3 rings (SSSR count). The van der Waals surface area contributed by atoms with Crippen molar-refractivity contribution in [3.8, 4) is 0 Å². The number of esters is 3. The molecule has 1 aromatic rings. The van der Waals surface area contributed by atoms with E-state index in [1.54, 1.807) is 12.1 Å². The average molecular weight is 835 g/mol. The van der Waals surface area contributed by atoms with E-state index >= 15 is 0 Å². The molecule has 1 aliphatic carbocycles. The summed E-state index contributed by atoms with van der Waals surface area (Å²) >= 11 is 5.07. The van der Waals surface area contributed by atoms with Gasteiger partial charge in [0.05, 0.1) is 6.04 Å². The molecule has 1 saturated carbocycles. The molecule has 2 aliphatic rings. The maximum atomic E-state index is 13.1. The smallest absolute Gasteiger partial charge is 0.463 e. The van der Waals surface area contributed by atoms with Crippen LogP contribution < -0.4 is 10.6 Å². The van der Waals surface area contributed by atoms with E-state index in [1.165, 1.54) is 28.1 Å². The molecule has 2 unspecified atom stereocenters. The molecular formula is C35H51N2O17PS. The zero-order valence-corrected chi connectivity index (χ0v) is 33.8. The second-order valence-electron chi connectivity index (χ2n) is 13.0. The van der Waals surface area contributed by atoms with Crippen LogP contribution in [0.2, 0.25) is 0 Å². The number of unbranched alkanes of at least 4 members (excludes halogenated alkanes) is 1. The molecule has 0 aromatic heterocycles. The number of ether oxygens (including phenoxy) is 8. The summed E-state index contributed by atoms with van der Waals surface area (Å²) in [5.74, 6) is -3.55. The number of benzene rings is 1. The maximum Gasteiger partial charge on any atom is 0.508 e. The van der Waals surface area contributed by atoms with E-state index < -0.39 is 91.5 Å². The molecule has 10 atom stereocenters. The lowest BCUT2D eigenvalue weighted by atomic mass is 9.96. The minimum Gasteiger partial charge on any atom is -0.463 e. The zero-order valence-electron chi connectivity index (χ0n) is 32.1. The number of methoxy groups -OCH3 is 1. The molecule has 3 N–H and O–H groups in total. The first kappa shape index (κ1) is 46.6. The molecular weight excluding hydrogens is 783 g/mol. The first-order valence-electron chi connectivity index (χ1n) is 17.8. The van der Waals surface area contributed by atoms with E-state index in [9.17, 15) is 33.7 Å². The van der Waals surface area contributed by atoms with Crippen molar-refractivity contribution in [1.29, 1.82) is 0 Å². The summed E-state index contributed by atoms with van der Waals surface area (Å²) in [6.45, 7) is 0.421. The number of rotatable bonds is 20. The van der Waals surface area contributed by atoms with E-state index in [2.05, 4.69) is 10.6 Å². The van der Waals surface area contributed by atoms with Crippen molar-refractivity contribution in [2.75, 3.05) is 34.0 Å². The number of carbonyl (C=O) groups is 6. The Morgan fingerprint density at radius 1 is 0.839 bits per heavy atom. The third kappa shape index (κ3) is 15.3. The Morgan fingerprint density at radius 3 is 2.12 bits per heavy atom. The van der Waals surface area contributed by atoms with Gasteiger partial charge in [-0.05, 0) is 36.6 Å². The molecule has 1 aliphatic heterocycles. The normalized spacial score (nSPS) is 26.9. The van der Waals surface area contributed by atoms with E-state index in [0.29, 0.717) is 12.8 Å². The highest BCUT2D eigenvalue weighted by Crippen LogP contribution is 2.48. The quantitative estimate of drug-likeness (QED) is 0.0736. The summed E-state index contributed by atoms with van der Waals surface area (Å²) in [6, 6.07) is 7.28. The molecule has 19 nitrogen and oxygen atoms in total. The van der Waals surface area contributed by atoms with Gasteiger partial charge in [0.1, 0.15) is 44.2 Å². The number of carbonyl (C=O) groups excluding carboxylic acids is 6. The molecule has 2 amide bonds. The second kappa shape index (κ2) is 22.9. The monoisotopic (exact) mass is 834 g/mol. The fourth-order valence-electron chi connectivity index (χ4n) is 6.27. The van der Waals surface area contributed by atoms with Gasteiger partial charge in [-0.15, -0.1) is 0 Å². The largest absolute Gasteiger partial charge is 0.508 e. The minimum absolute atomic E-state index is 0.00131. The summed E-state index contributed by atoms with van der Waals surface area (Å²) in [7, 11) is 2.61. The molecule has 2 fully saturated rings. The Bertz CT molecular complexity index is 1540. The topological polar surface area (TPSA) is 239 Å². The molecule has 21 heteroatoms. The van der Waals surface area contributed by atoms with Crippen LogP contribution in [0, 0.1) is 5.92 Å². The summed E-state index contributed by atoms with van der Waals surface area (Å²) in [5.41, 5.74) is 0.769. The predicted octanol–water partition coefficient (Wildman–Crippen LogP) is 1.95. The van der Waals surface area contributed by atoms with Crippen LogP contribution in [0.4, 0.5) is 4.79 Å². The highest BCUT2D eigenvalue weighted by Gasteiger charge is 2.51. The zero-order chi connectivity index (χ0) is 41.4. The van der Waals surface area contributed by atoms with Gasteiger partial charge in [-0.25, -0.2) is 4.79 Å². The Morgan fingerprint density at radius 2 is 1.52 bits per heavy atom. The highest BCUT2D eigenvalue weighted by molar-refractivity contribution is 8.07. The van der Waals surface area contributed by atoms with Gasteiger partial charge in [-0.1, -0.05) is 30.3 Å². The van der Waals surface area contributed by atoms with E-state index in [-0.39, 0.29) is 45.2 Å². The maximum absolute atomic E-state index is 13.1. The Kier molecular flexibility index (Phi) is 19.0. The predicted molar refractivity (Wildman–Crippen MR) is 196 cm³/mol. The van der Waals surface area contributed by atoms with Crippen LogP contribution in [0.1, 0.15) is 58.9 Å². The van der Waals surface area contributed by atoms with Crippen LogP contribution in [0.5, 0.6) is 0 Å². The average Bonchev–Trinajstić information content (AvgIpc) is 3.44. The van der Waals surface area contributed by atoms with Crippen LogP contribution in [-0.4, -0.2) is 124 Å². The van der Waals surface area contributed by atoms with Crippen molar-refractivity contribution in [3.05, 3.63) is 35.9 Å². The van der Waals surface area contributed by atoms with Crippen molar-refractivity contribution in [2.45, 2.75) is 109 Å². The molecule has 0 bridgehead atoms. The van der Waals surface area contributed by atoms with E-state index in [4.69, 9.17) is 58.7 Å². The molecule has 0 radical (unpaired) electrons. The molecule has 1 heterocycles. The van der Waals surface area contributed by atoms with Crippen molar-refractivity contribution in [2.24, 2.45) is 5.92 Å². The van der Waals surface area contributed by atoms with Crippen molar-refractivity contribution in [1.82, 2.24) is 10.6 Å². The molecule has 314 valence electrons. The summed E-state index contributed by atoms with van der Waals surface area (Å²) in [5, 5.41) is 5.54. The Labute approximate surface area is 329 Å². The van der Waals surface area contributed by atoms with Gasteiger partial charge in [0, 0.05) is 60.9 Å². The third-order valence-corrected chi connectivity index (χ3v) is 10.3. The number of amides is 2. The van der Waals surface area contributed by atoms with Crippen molar-refractivity contribution >= 4 is 54.4 Å². The number of hydrogen-bond donors (Lipinski definition) is 3. The van der Waals surface area contributed by atoms with Gasteiger partial charge in [0.25, 0.3) is 0 Å². The van der Waals surface area contributed by atoms with Crippen LogP contribution >= 0.6 is 6.72 Å². The van der Waals surface area contributed by atoms with Crippen LogP contribution in [-0.2, 0) is 89.3 Å². The van der Waals surface area contributed by atoms with Crippen LogP contribution in [0.15, 0.2) is 30.3 Å². The van der Waals surface area contributed by atoms with Gasteiger partial charge in [0.15, 0.2) is 18.5 Å². The first-order chi connectivity index (χ1) is 26.5. The number of hydrogen-bond acceptors (Lipinski definition) is 17. The van der Waals surface area contributed by atoms with Gasteiger partial charge in [-0.2, -0.15) is 0 Å². The molecule has 0 spiro atoms. The molecule has 56 heavy (non-hydrogen) atoms. The van der Waals surface area contributed by atoms with Gasteiger partial charge < -0.3 is 62.5 Å². The lowest BCUT2D eigenvalue weighted by molar-refractivity contribution is -0.277. The minimum atomic E-state index is -3.70. The van der Waals surface area contributed by atoms with Gasteiger partial charge >= 0.3 is 30.8 Å². The Hall–Kier alpha value is -3.75. The summed E-state index contributed by atoms with van der Waals surface area (Å²) in [6.07, 6.45) is -6.59. The van der Waals surface area contributed by atoms with Gasteiger partial charge in [0.2, 0.25) is 11.8 Å². The summed E-state index contributed by atoms with van der Waals surface area (Å²) < 4.78 is 54.8. The standard InChI is InChI=1S/C35H51N2O17PS/c1-20(38)36-29-33(52-23(4)41)32(51-22(3)40)27(19-48-21(2)39)53-34(29)47-15-11-10-14-28(42)37-26-16-25(30(31(26)45-5)54-55(44,56)46-6)18-50-35(43)49-17-24-12-8-7-9-13-24/h7-9,12-13,25-27,29-34H,10-11,14-19H2,1-6H3,(H,36,38)(H,37,42)(H,44,56)/t25-,26+,27-,29-,30?,31-,32+,33-,34-,55?/m1/s1. The fraction of sp³-hybridized carbons (Fsp3) is 0.657. The number of nitrogens with one attached hydrogen (secondary N) is 2. The SMILES string of the molecule is CO[C@H]1C(OP(O)(=S)OC)[C@@H](COC(=O)OCc2ccccc2)C[C@@H]1NC(=O)CCCCO[C@@H]1O[C@H](COC(C)=O)[C@H](OC(C)=O)[C@H](OC(C)=O)[C@H]1NC(C)=O. The van der Waals surface area contributed by atoms with Crippen molar-refractivity contribution in [3.63, 3.8) is 0 Å². The molecule has 1 saturated heterocycles. The molecule has 1 aromatic carbocycles. The van der Waals surface area contributed by atoms with Gasteiger partial charge in [-0.3, -0.25) is 24.0 Å². The highest BCUT2D eigenvalue weighted by atomic mass is 32.5. The van der Waals surface area contributed by atoms with E-state index in [0.717, 1.165) is 19.4 Å². The fourth-order valence-corrected chi connectivity index (χ4v) is 7.25. The lowest BCUT2D eigenvalue weighted by Crippen LogP contribution is -2.66. The Balaban J connectivity index is 1.60. The van der Waals surface area contributed by atoms with Crippen LogP contribution in [0.25, 0.3) is 0 Å². The summed E-state index contributed by atoms with van der Waals surface area (Å²) in [4.78, 5) is 83.8. The van der Waals surface area contributed by atoms with Crippen LogP contribution in [0.3, 0.4) is 0 Å². The first-order valence-corrected chi connectivity index (χ1v) is 20.4. The van der Waals surface area contributed by atoms with E-state index in [1.807, 2.05) is 18.2 Å². The van der Waals surface area contributed by atoms with Crippen molar-refractivity contribution < 1.29 is 80.6 Å². The second-order valence-corrected chi connectivity index (χ2v) is 15.9. The third-order valence-electron chi connectivity index (χ3n) is 8.61. The lowest BCUT2D eigenvalue weighted by Gasteiger charge is -2.44.